The standard InChI is InChI=1S/C11H15FN2O3S/c1-11(15,7-18-2)6-13-9-5-3-4-8(12)10(9)14(16)17/h3-5,13,15H,6-7H2,1-2H3/t11-/m0/s1. The first-order valence-electron chi connectivity index (χ1n) is 5.25. The summed E-state index contributed by atoms with van der Waals surface area (Å²) in [7, 11) is 0. The summed E-state index contributed by atoms with van der Waals surface area (Å²) in [5.41, 5.74) is -1.54. The minimum Gasteiger partial charge on any atom is -0.387 e. The molecule has 18 heavy (non-hydrogen) atoms. The highest BCUT2D eigenvalue weighted by Gasteiger charge is 2.23. The van der Waals surface area contributed by atoms with E-state index in [0.717, 1.165) is 6.07 Å². The number of benzene rings is 1. The zero-order valence-electron chi connectivity index (χ0n) is 10.1. The summed E-state index contributed by atoms with van der Waals surface area (Å²) in [5, 5.41) is 23.4. The molecule has 0 spiro atoms. The maximum absolute atomic E-state index is 13.3. The normalized spacial score (nSPS) is 14.0. The van der Waals surface area contributed by atoms with Gasteiger partial charge in [0, 0.05) is 12.3 Å². The van der Waals surface area contributed by atoms with Gasteiger partial charge in [-0.25, -0.2) is 0 Å². The van der Waals surface area contributed by atoms with Gasteiger partial charge in [-0.05, 0) is 25.3 Å². The summed E-state index contributed by atoms with van der Waals surface area (Å²) in [6.07, 6.45) is 1.85. The summed E-state index contributed by atoms with van der Waals surface area (Å²) in [6, 6.07) is 3.83. The SMILES string of the molecule is CSC[C@@](C)(O)CNc1cccc(F)c1[N+](=O)[O-]. The third-order valence-electron chi connectivity index (χ3n) is 2.28. The van der Waals surface area contributed by atoms with Crippen LogP contribution >= 0.6 is 11.8 Å². The fourth-order valence-corrected chi connectivity index (χ4v) is 2.22. The van der Waals surface area contributed by atoms with E-state index in [0.29, 0.717) is 5.75 Å². The molecule has 0 fully saturated rings. The molecule has 0 saturated carbocycles. The summed E-state index contributed by atoms with van der Waals surface area (Å²) in [6.45, 7) is 1.72. The van der Waals surface area contributed by atoms with Crippen LogP contribution in [0.1, 0.15) is 6.92 Å². The van der Waals surface area contributed by atoms with Crippen molar-refractivity contribution in [2.45, 2.75) is 12.5 Å². The van der Waals surface area contributed by atoms with Crippen LogP contribution in [0.25, 0.3) is 0 Å². The number of para-hydroxylation sites is 1. The Morgan fingerprint density at radius 3 is 2.83 bits per heavy atom. The molecule has 0 bridgehead atoms. The Morgan fingerprint density at radius 2 is 2.28 bits per heavy atom. The van der Waals surface area contributed by atoms with Crippen LogP contribution in [0.4, 0.5) is 15.8 Å². The second-order valence-electron chi connectivity index (χ2n) is 4.18. The molecule has 0 radical (unpaired) electrons. The van der Waals surface area contributed by atoms with E-state index in [2.05, 4.69) is 5.32 Å². The maximum atomic E-state index is 13.3. The van der Waals surface area contributed by atoms with E-state index in [1.165, 1.54) is 23.9 Å². The average Bonchev–Trinajstić information content (AvgIpc) is 2.26. The van der Waals surface area contributed by atoms with Crippen molar-refractivity contribution in [3.05, 3.63) is 34.1 Å². The first-order valence-corrected chi connectivity index (χ1v) is 6.65. The van der Waals surface area contributed by atoms with Crippen LogP contribution < -0.4 is 5.32 Å². The molecule has 100 valence electrons. The van der Waals surface area contributed by atoms with Gasteiger partial charge in [0.05, 0.1) is 10.5 Å². The van der Waals surface area contributed by atoms with Crippen LogP contribution in [0.15, 0.2) is 18.2 Å². The smallest absolute Gasteiger partial charge is 0.327 e. The number of aliphatic hydroxyl groups is 1. The maximum Gasteiger partial charge on any atom is 0.327 e. The van der Waals surface area contributed by atoms with Crippen molar-refractivity contribution >= 4 is 23.1 Å². The van der Waals surface area contributed by atoms with Gasteiger partial charge in [-0.15, -0.1) is 0 Å². The fraction of sp³-hybridized carbons (Fsp3) is 0.455. The van der Waals surface area contributed by atoms with Gasteiger partial charge in [-0.1, -0.05) is 6.07 Å². The van der Waals surface area contributed by atoms with Gasteiger partial charge in [0.1, 0.15) is 5.69 Å². The predicted molar refractivity (Wildman–Crippen MR) is 70.5 cm³/mol. The van der Waals surface area contributed by atoms with Crippen molar-refractivity contribution in [2.24, 2.45) is 0 Å². The largest absolute Gasteiger partial charge is 0.387 e. The number of rotatable bonds is 6. The molecule has 7 heteroatoms. The Morgan fingerprint density at radius 1 is 1.61 bits per heavy atom. The van der Waals surface area contributed by atoms with Crippen molar-refractivity contribution < 1.29 is 14.4 Å². The first-order chi connectivity index (χ1) is 8.37. The molecule has 2 N–H and O–H groups in total. The van der Waals surface area contributed by atoms with Crippen molar-refractivity contribution in [1.29, 1.82) is 0 Å². The highest BCUT2D eigenvalue weighted by molar-refractivity contribution is 7.98. The van der Waals surface area contributed by atoms with Crippen molar-refractivity contribution in [3.63, 3.8) is 0 Å². The molecule has 1 rings (SSSR count). The van der Waals surface area contributed by atoms with Gasteiger partial charge in [0.2, 0.25) is 5.82 Å². The quantitative estimate of drug-likeness (QED) is 0.614. The third-order valence-corrected chi connectivity index (χ3v) is 3.19. The van der Waals surface area contributed by atoms with Gasteiger partial charge in [-0.2, -0.15) is 16.2 Å². The van der Waals surface area contributed by atoms with E-state index in [9.17, 15) is 19.6 Å². The van der Waals surface area contributed by atoms with Crippen LogP contribution in [0.5, 0.6) is 0 Å². The van der Waals surface area contributed by atoms with Crippen molar-refractivity contribution in [3.8, 4) is 0 Å². The number of hydrogen-bond acceptors (Lipinski definition) is 5. The molecule has 1 aromatic rings. The van der Waals surface area contributed by atoms with E-state index < -0.39 is 22.0 Å². The van der Waals surface area contributed by atoms with Crippen molar-refractivity contribution in [1.82, 2.24) is 0 Å². The molecule has 1 atom stereocenters. The lowest BCUT2D eigenvalue weighted by atomic mass is 10.1. The van der Waals surface area contributed by atoms with E-state index in [1.807, 2.05) is 6.26 Å². The fourth-order valence-electron chi connectivity index (χ4n) is 1.49. The Bertz CT molecular complexity index is 440. The molecule has 5 nitrogen and oxygen atoms in total. The molecule has 1 aromatic carbocycles. The number of anilines is 1. The summed E-state index contributed by atoms with van der Waals surface area (Å²) < 4.78 is 13.3. The number of thioether (sulfide) groups is 1. The van der Waals surface area contributed by atoms with E-state index in [1.54, 1.807) is 6.92 Å². The third kappa shape index (κ3) is 3.85. The second-order valence-corrected chi connectivity index (χ2v) is 5.04. The molecule has 0 aliphatic rings. The van der Waals surface area contributed by atoms with Gasteiger partial charge >= 0.3 is 5.69 Å². The number of hydrogen-bond donors (Lipinski definition) is 2. The summed E-state index contributed by atoms with van der Waals surface area (Å²) in [4.78, 5) is 9.97. The first kappa shape index (κ1) is 14.7. The number of nitro groups is 1. The molecule has 0 saturated heterocycles. The van der Waals surface area contributed by atoms with E-state index in [-0.39, 0.29) is 12.2 Å². The minimum absolute atomic E-state index is 0.0707. The highest BCUT2D eigenvalue weighted by atomic mass is 32.2. The Kier molecular flexibility index (Phi) is 4.92. The molecular formula is C11H15FN2O3S. The minimum atomic E-state index is -1.01. The van der Waals surface area contributed by atoms with Crippen LogP contribution in [0, 0.1) is 15.9 Å². The molecule has 0 unspecified atom stereocenters. The topological polar surface area (TPSA) is 75.4 Å². The summed E-state index contributed by atoms with van der Waals surface area (Å²) >= 11 is 1.46. The lowest BCUT2D eigenvalue weighted by Gasteiger charge is -2.23. The van der Waals surface area contributed by atoms with Crippen LogP contribution in [-0.2, 0) is 0 Å². The highest BCUT2D eigenvalue weighted by Crippen LogP contribution is 2.27. The predicted octanol–water partition coefficient (Wildman–Crippen LogP) is 2.26. The lowest BCUT2D eigenvalue weighted by molar-refractivity contribution is -0.386. The molecule has 0 heterocycles. The zero-order chi connectivity index (χ0) is 13.8. The lowest BCUT2D eigenvalue weighted by Crippen LogP contribution is -2.36. The molecule has 0 amide bonds. The Labute approximate surface area is 109 Å². The monoisotopic (exact) mass is 274 g/mol. The molecule has 0 aliphatic carbocycles. The molecule has 0 aliphatic heterocycles. The Hall–Kier alpha value is -1.34. The van der Waals surface area contributed by atoms with E-state index in [4.69, 9.17) is 0 Å². The molecule has 0 aromatic heterocycles. The molecular weight excluding hydrogens is 259 g/mol. The Balaban J connectivity index is 2.85. The number of nitrogens with zero attached hydrogens (tertiary/aromatic N) is 1. The van der Waals surface area contributed by atoms with Gasteiger partial charge < -0.3 is 10.4 Å². The zero-order valence-corrected chi connectivity index (χ0v) is 11.0. The number of nitrogens with one attached hydrogen (secondary N) is 1. The number of nitro benzene ring substituents is 1. The average molecular weight is 274 g/mol. The number of halogens is 1. The van der Waals surface area contributed by atoms with E-state index >= 15 is 0 Å². The second kappa shape index (κ2) is 6.01. The van der Waals surface area contributed by atoms with Gasteiger partial charge in [0.25, 0.3) is 0 Å². The van der Waals surface area contributed by atoms with Crippen LogP contribution in [0.3, 0.4) is 0 Å². The van der Waals surface area contributed by atoms with Crippen molar-refractivity contribution in [2.75, 3.05) is 23.9 Å². The van der Waals surface area contributed by atoms with Crippen LogP contribution in [0.2, 0.25) is 0 Å². The summed E-state index contributed by atoms with van der Waals surface area (Å²) in [5.74, 6) is -0.419. The van der Waals surface area contributed by atoms with Gasteiger partial charge in [0.15, 0.2) is 0 Å². The van der Waals surface area contributed by atoms with Gasteiger partial charge in [-0.3, -0.25) is 10.1 Å². The van der Waals surface area contributed by atoms with Crippen LogP contribution in [-0.4, -0.2) is 34.2 Å².